The molecule has 3 rings (SSSR count). The van der Waals surface area contributed by atoms with Crippen molar-refractivity contribution in [2.45, 2.75) is 20.5 Å². The molecule has 0 atom stereocenters. The van der Waals surface area contributed by atoms with Gasteiger partial charge in [-0.25, -0.2) is 5.43 Å². The molecule has 1 N–H and O–H groups in total. The van der Waals surface area contributed by atoms with Crippen molar-refractivity contribution in [3.05, 3.63) is 91.9 Å². The van der Waals surface area contributed by atoms with Crippen molar-refractivity contribution in [1.82, 2.24) is 5.43 Å². The monoisotopic (exact) mass is 544 g/mol. The normalized spacial score (nSPS) is 10.8. The molecule has 160 valence electrons. The highest BCUT2D eigenvalue weighted by Crippen LogP contribution is 2.37. The highest BCUT2D eigenvalue weighted by molar-refractivity contribution is 9.10. The molecule has 0 saturated heterocycles. The van der Waals surface area contributed by atoms with E-state index in [0.29, 0.717) is 30.3 Å². The molecule has 31 heavy (non-hydrogen) atoms. The SMILES string of the molecule is CCOc1cc(/C=N/NC(=O)c2cccc(C)c2)cc(Br)c1OCc1ccc(Br)cc1. The summed E-state index contributed by atoms with van der Waals surface area (Å²) in [4.78, 5) is 12.2. The summed E-state index contributed by atoms with van der Waals surface area (Å²) in [5, 5.41) is 4.08. The molecule has 0 spiro atoms. The Labute approximate surface area is 198 Å². The number of hydrogen-bond acceptors (Lipinski definition) is 4. The van der Waals surface area contributed by atoms with Gasteiger partial charge in [0.1, 0.15) is 6.61 Å². The molecule has 7 heteroatoms. The van der Waals surface area contributed by atoms with Crippen molar-refractivity contribution >= 4 is 44.0 Å². The van der Waals surface area contributed by atoms with Crippen LogP contribution in [0, 0.1) is 6.92 Å². The van der Waals surface area contributed by atoms with Crippen LogP contribution in [0.25, 0.3) is 0 Å². The number of hydrogen-bond donors (Lipinski definition) is 1. The standard InChI is InChI=1S/C24H22Br2N2O3/c1-3-30-22-13-18(14-27-28-24(29)19-6-4-5-16(2)11-19)12-21(26)23(22)31-15-17-7-9-20(25)10-8-17/h4-14H,3,15H2,1-2H3,(H,28,29)/b27-14+. The molecule has 0 fully saturated rings. The van der Waals surface area contributed by atoms with Crippen LogP contribution in [0.1, 0.15) is 34.0 Å². The number of nitrogens with zero attached hydrogens (tertiary/aromatic N) is 1. The van der Waals surface area contributed by atoms with Crippen LogP contribution in [0.5, 0.6) is 11.5 Å². The van der Waals surface area contributed by atoms with Crippen LogP contribution in [0.4, 0.5) is 0 Å². The third kappa shape index (κ3) is 6.67. The third-order valence-corrected chi connectivity index (χ3v) is 5.41. The molecule has 0 saturated carbocycles. The van der Waals surface area contributed by atoms with E-state index in [9.17, 15) is 4.79 Å². The second-order valence-corrected chi connectivity index (χ2v) is 8.52. The number of carbonyl (C=O) groups is 1. The Balaban J connectivity index is 1.72. The Hall–Kier alpha value is -2.64. The van der Waals surface area contributed by atoms with Gasteiger partial charge < -0.3 is 9.47 Å². The second-order valence-electron chi connectivity index (χ2n) is 6.75. The van der Waals surface area contributed by atoms with Gasteiger partial charge >= 0.3 is 0 Å². The molecule has 0 aliphatic heterocycles. The lowest BCUT2D eigenvalue weighted by atomic mass is 10.1. The fourth-order valence-corrected chi connectivity index (χ4v) is 3.66. The minimum absolute atomic E-state index is 0.265. The Kier molecular flexibility index (Phi) is 8.26. The quantitative estimate of drug-likeness (QED) is 0.268. The lowest BCUT2D eigenvalue weighted by molar-refractivity contribution is 0.0955. The number of benzene rings is 3. The first-order valence-corrected chi connectivity index (χ1v) is 11.3. The summed E-state index contributed by atoms with van der Waals surface area (Å²) < 4.78 is 13.5. The van der Waals surface area contributed by atoms with Crippen LogP contribution in [-0.2, 0) is 6.61 Å². The molecule has 0 aliphatic carbocycles. The zero-order valence-electron chi connectivity index (χ0n) is 17.2. The minimum atomic E-state index is -0.265. The summed E-state index contributed by atoms with van der Waals surface area (Å²) >= 11 is 6.99. The van der Waals surface area contributed by atoms with Crippen molar-refractivity contribution in [2.24, 2.45) is 5.10 Å². The van der Waals surface area contributed by atoms with Crippen LogP contribution in [0.3, 0.4) is 0 Å². The number of aryl methyl sites for hydroxylation is 1. The molecule has 3 aromatic carbocycles. The average Bonchev–Trinajstić information content (AvgIpc) is 2.74. The molecule has 0 radical (unpaired) electrons. The summed E-state index contributed by atoms with van der Waals surface area (Å²) in [5.41, 5.74) is 5.93. The maximum Gasteiger partial charge on any atom is 0.271 e. The first kappa shape index (κ1) is 23.0. The Bertz CT molecular complexity index is 1080. The van der Waals surface area contributed by atoms with Gasteiger partial charge in [-0.15, -0.1) is 0 Å². The van der Waals surface area contributed by atoms with E-state index in [-0.39, 0.29) is 5.91 Å². The van der Waals surface area contributed by atoms with E-state index < -0.39 is 0 Å². The highest BCUT2D eigenvalue weighted by Gasteiger charge is 2.12. The zero-order chi connectivity index (χ0) is 22.2. The van der Waals surface area contributed by atoms with Gasteiger partial charge in [0.05, 0.1) is 17.3 Å². The van der Waals surface area contributed by atoms with E-state index in [1.807, 2.05) is 68.4 Å². The predicted molar refractivity (Wildman–Crippen MR) is 130 cm³/mol. The number of ether oxygens (including phenoxy) is 2. The molecule has 0 bridgehead atoms. The van der Waals surface area contributed by atoms with Gasteiger partial charge in [-0.1, -0.05) is 45.8 Å². The first-order chi connectivity index (χ1) is 15.0. The fourth-order valence-electron chi connectivity index (χ4n) is 2.82. The van der Waals surface area contributed by atoms with Crippen molar-refractivity contribution < 1.29 is 14.3 Å². The maximum absolute atomic E-state index is 12.2. The molecule has 1 amide bonds. The number of halogens is 2. The molecule has 0 aliphatic rings. The van der Waals surface area contributed by atoms with Gasteiger partial charge in [-0.3, -0.25) is 4.79 Å². The van der Waals surface area contributed by atoms with Gasteiger partial charge in [-0.2, -0.15) is 5.10 Å². The van der Waals surface area contributed by atoms with Crippen molar-refractivity contribution in [3.63, 3.8) is 0 Å². The van der Waals surface area contributed by atoms with Gasteiger partial charge in [0.15, 0.2) is 11.5 Å². The largest absolute Gasteiger partial charge is 0.490 e. The summed E-state index contributed by atoms with van der Waals surface area (Å²) in [5.74, 6) is 0.949. The molecular formula is C24H22Br2N2O3. The Morgan fingerprint density at radius 2 is 1.84 bits per heavy atom. The van der Waals surface area contributed by atoms with Crippen LogP contribution in [-0.4, -0.2) is 18.7 Å². The van der Waals surface area contributed by atoms with Crippen LogP contribution < -0.4 is 14.9 Å². The van der Waals surface area contributed by atoms with Gasteiger partial charge in [0, 0.05) is 10.0 Å². The predicted octanol–water partition coefficient (Wildman–Crippen LogP) is 6.26. The lowest BCUT2D eigenvalue weighted by Crippen LogP contribution is -2.17. The van der Waals surface area contributed by atoms with Crippen LogP contribution in [0.15, 0.2) is 74.7 Å². The average molecular weight is 546 g/mol. The summed E-state index contributed by atoms with van der Waals surface area (Å²) in [6.45, 7) is 4.75. The number of amides is 1. The van der Waals surface area contributed by atoms with E-state index in [2.05, 4.69) is 42.4 Å². The van der Waals surface area contributed by atoms with Crippen LogP contribution >= 0.6 is 31.9 Å². The minimum Gasteiger partial charge on any atom is -0.490 e. The summed E-state index contributed by atoms with van der Waals surface area (Å²) in [6, 6.07) is 19.0. The molecule has 0 heterocycles. The van der Waals surface area contributed by atoms with E-state index in [0.717, 1.165) is 25.6 Å². The number of nitrogens with one attached hydrogen (secondary N) is 1. The number of rotatable bonds is 8. The first-order valence-electron chi connectivity index (χ1n) is 9.70. The topological polar surface area (TPSA) is 59.9 Å². The summed E-state index contributed by atoms with van der Waals surface area (Å²) in [6.07, 6.45) is 1.57. The van der Waals surface area contributed by atoms with Crippen molar-refractivity contribution in [2.75, 3.05) is 6.61 Å². The molecule has 0 unspecified atom stereocenters. The second kappa shape index (κ2) is 11.1. The molecular weight excluding hydrogens is 524 g/mol. The number of carbonyl (C=O) groups excluding carboxylic acids is 1. The lowest BCUT2D eigenvalue weighted by Gasteiger charge is -2.14. The van der Waals surface area contributed by atoms with Crippen LogP contribution in [0.2, 0.25) is 0 Å². The smallest absolute Gasteiger partial charge is 0.271 e. The molecule has 3 aromatic rings. The third-order valence-electron chi connectivity index (χ3n) is 4.29. The Morgan fingerprint density at radius 3 is 2.55 bits per heavy atom. The zero-order valence-corrected chi connectivity index (χ0v) is 20.4. The number of hydrazone groups is 1. The van der Waals surface area contributed by atoms with Gasteiger partial charge in [-0.05, 0) is 77.3 Å². The summed E-state index contributed by atoms with van der Waals surface area (Å²) in [7, 11) is 0. The van der Waals surface area contributed by atoms with Crippen molar-refractivity contribution in [3.8, 4) is 11.5 Å². The van der Waals surface area contributed by atoms with Crippen molar-refractivity contribution in [1.29, 1.82) is 0 Å². The van der Waals surface area contributed by atoms with E-state index in [1.54, 1.807) is 12.3 Å². The molecule has 0 aromatic heterocycles. The van der Waals surface area contributed by atoms with Gasteiger partial charge in [0.2, 0.25) is 0 Å². The fraction of sp³-hybridized carbons (Fsp3) is 0.167. The van der Waals surface area contributed by atoms with E-state index >= 15 is 0 Å². The van der Waals surface area contributed by atoms with Gasteiger partial charge in [0.25, 0.3) is 5.91 Å². The van der Waals surface area contributed by atoms with E-state index in [4.69, 9.17) is 9.47 Å². The Morgan fingerprint density at radius 1 is 1.06 bits per heavy atom. The molecule has 5 nitrogen and oxygen atoms in total. The maximum atomic E-state index is 12.2. The van der Waals surface area contributed by atoms with E-state index in [1.165, 1.54) is 0 Å². The highest BCUT2D eigenvalue weighted by atomic mass is 79.9.